The molecule has 2 aromatic rings. The third-order valence-corrected chi connectivity index (χ3v) is 3.70. The van der Waals surface area contributed by atoms with E-state index in [-0.39, 0.29) is 11.3 Å². The second kappa shape index (κ2) is 6.18. The van der Waals surface area contributed by atoms with Crippen molar-refractivity contribution in [2.24, 2.45) is 5.41 Å². The van der Waals surface area contributed by atoms with E-state index in [9.17, 15) is 4.79 Å². The van der Waals surface area contributed by atoms with Gasteiger partial charge in [0.2, 0.25) is 5.91 Å². The summed E-state index contributed by atoms with van der Waals surface area (Å²) in [4.78, 5) is 17.3. The van der Waals surface area contributed by atoms with Crippen LogP contribution in [0, 0.1) is 5.41 Å². The van der Waals surface area contributed by atoms with Crippen LogP contribution in [0.25, 0.3) is 10.4 Å². The Labute approximate surface area is 124 Å². The molecule has 0 aromatic carbocycles. The molecule has 0 aliphatic heterocycles. The van der Waals surface area contributed by atoms with Crippen LogP contribution in [-0.4, -0.2) is 10.9 Å². The Balaban J connectivity index is 1.97. The Bertz CT molecular complexity index is 570. The fourth-order valence-corrected chi connectivity index (χ4v) is 2.62. The molecule has 3 nitrogen and oxygen atoms in total. The molecule has 0 saturated carbocycles. The summed E-state index contributed by atoms with van der Waals surface area (Å²) in [5.74, 6) is 0.0824. The van der Waals surface area contributed by atoms with Crippen LogP contribution in [-0.2, 0) is 11.3 Å². The molecule has 0 spiro atoms. The third kappa shape index (κ3) is 4.46. The van der Waals surface area contributed by atoms with Crippen molar-refractivity contribution in [1.82, 2.24) is 10.3 Å². The van der Waals surface area contributed by atoms with Gasteiger partial charge in [-0.15, -0.1) is 11.3 Å². The molecule has 106 valence electrons. The van der Waals surface area contributed by atoms with Crippen molar-refractivity contribution in [2.75, 3.05) is 0 Å². The summed E-state index contributed by atoms with van der Waals surface area (Å²) in [5, 5.41) is 5.00. The van der Waals surface area contributed by atoms with E-state index in [2.05, 4.69) is 43.2 Å². The maximum Gasteiger partial charge on any atom is 0.220 e. The van der Waals surface area contributed by atoms with Crippen LogP contribution >= 0.6 is 11.3 Å². The first-order valence-electron chi connectivity index (χ1n) is 6.68. The maximum atomic E-state index is 11.8. The second-order valence-corrected chi connectivity index (χ2v) is 7.02. The zero-order chi connectivity index (χ0) is 14.6. The molecule has 0 atom stereocenters. The first-order chi connectivity index (χ1) is 9.44. The van der Waals surface area contributed by atoms with E-state index in [1.54, 1.807) is 17.5 Å². The zero-order valence-electron chi connectivity index (χ0n) is 12.1. The number of thiophene rings is 1. The summed E-state index contributed by atoms with van der Waals surface area (Å²) in [6.07, 6.45) is 4.19. The predicted octanol–water partition coefficient (Wildman–Crippen LogP) is 3.86. The maximum absolute atomic E-state index is 11.8. The lowest BCUT2D eigenvalue weighted by Gasteiger charge is -2.17. The number of aromatic nitrogens is 1. The number of pyridine rings is 1. The van der Waals surface area contributed by atoms with Gasteiger partial charge in [0, 0.05) is 35.8 Å². The monoisotopic (exact) mass is 288 g/mol. The predicted molar refractivity (Wildman–Crippen MR) is 83.5 cm³/mol. The molecule has 0 unspecified atom stereocenters. The van der Waals surface area contributed by atoms with Gasteiger partial charge < -0.3 is 5.32 Å². The Kier molecular flexibility index (Phi) is 4.55. The number of hydrogen-bond acceptors (Lipinski definition) is 3. The van der Waals surface area contributed by atoms with Crippen LogP contribution in [0.3, 0.4) is 0 Å². The second-order valence-electron chi connectivity index (χ2n) is 6.07. The first-order valence-corrected chi connectivity index (χ1v) is 7.56. The minimum Gasteiger partial charge on any atom is -0.352 e. The van der Waals surface area contributed by atoms with Gasteiger partial charge in [-0.3, -0.25) is 9.78 Å². The van der Waals surface area contributed by atoms with Crippen molar-refractivity contribution in [2.45, 2.75) is 33.7 Å². The summed E-state index contributed by atoms with van der Waals surface area (Å²) >= 11 is 1.69. The Hall–Kier alpha value is -1.68. The van der Waals surface area contributed by atoms with Crippen LogP contribution in [0.2, 0.25) is 0 Å². The molecule has 0 aliphatic rings. The number of carbonyl (C=O) groups is 1. The van der Waals surface area contributed by atoms with E-state index in [0.717, 1.165) is 11.1 Å². The van der Waals surface area contributed by atoms with Gasteiger partial charge in [0.1, 0.15) is 0 Å². The summed E-state index contributed by atoms with van der Waals surface area (Å²) in [7, 11) is 0. The van der Waals surface area contributed by atoms with E-state index in [4.69, 9.17) is 0 Å². The molecule has 4 heteroatoms. The molecule has 2 aromatic heterocycles. The van der Waals surface area contributed by atoms with Gasteiger partial charge >= 0.3 is 0 Å². The van der Waals surface area contributed by atoms with Crippen LogP contribution in [0.1, 0.15) is 32.8 Å². The van der Waals surface area contributed by atoms with Crippen LogP contribution < -0.4 is 5.32 Å². The minimum atomic E-state index is 0.0150. The SMILES string of the molecule is CC(C)(C)CC(=O)NCc1cncc(-c2cccs2)c1. The van der Waals surface area contributed by atoms with Crippen molar-refractivity contribution in [3.05, 3.63) is 41.5 Å². The van der Waals surface area contributed by atoms with Gasteiger partial charge in [-0.2, -0.15) is 0 Å². The van der Waals surface area contributed by atoms with Crippen LogP contribution in [0.15, 0.2) is 36.0 Å². The average Bonchev–Trinajstić information content (AvgIpc) is 2.88. The molecule has 0 bridgehead atoms. The van der Waals surface area contributed by atoms with Gasteiger partial charge in [0.25, 0.3) is 0 Å². The van der Waals surface area contributed by atoms with Crippen LogP contribution in [0.5, 0.6) is 0 Å². The molecular weight excluding hydrogens is 268 g/mol. The molecule has 0 fully saturated rings. The molecule has 2 rings (SSSR count). The molecule has 0 radical (unpaired) electrons. The summed E-state index contributed by atoms with van der Waals surface area (Å²) in [6.45, 7) is 6.71. The summed E-state index contributed by atoms with van der Waals surface area (Å²) < 4.78 is 0. The van der Waals surface area contributed by atoms with Gasteiger partial charge in [-0.05, 0) is 28.5 Å². The van der Waals surface area contributed by atoms with Crippen molar-refractivity contribution >= 4 is 17.2 Å². The third-order valence-electron chi connectivity index (χ3n) is 2.78. The largest absolute Gasteiger partial charge is 0.352 e. The first kappa shape index (κ1) is 14.7. The fourth-order valence-electron chi connectivity index (χ4n) is 1.91. The van der Waals surface area contributed by atoms with Gasteiger partial charge in [0.05, 0.1) is 0 Å². The van der Waals surface area contributed by atoms with Gasteiger partial charge in [-0.1, -0.05) is 26.8 Å². The smallest absolute Gasteiger partial charge is 0.220 e. The summed E-state index contributed by atoms with van der Waals surface area (Å²) in [6, 6.07) is 6.18. The van der Waals surface area contributed by atoms with Crippen molar-refractivity contribution in [3.8, 4) is 10.4 Å². The standard InChI is InChI=1S/C16H20N2OS/c1-16(2,3)8-15(19)18-10-12-7-13(11-17-9-12)14-5-4-6-20-14/h4-7,9,11H,8,10H2,1-3H3,(H,18,19). The number of hydrogen-bond donors (Lipinski definition) is 1. The lowest BCUT2D eigenvalue weighted by molar-refractivity contribution is -0.122. The van der Waals surface area contributed by atoms with Crippen molar-refractivity contribution in [1.29, 1.82) is 0 Å². The lowest BCUT2D eigenvalue weighted by atomic mass is 9.92. The number of nitrogens with zero attached hydrogens (tertiary/aromatic N) is 1. The normalized spacial score (nSPS) is 11.3. The van der Waals surface area contributed by atoms with Gasteiger partial charge in [0.15, 0.2) is 0 Å². The zero-order valence-corrected chi connectivity index (χ0v) is 13.0. The van der Waals surface area contributed by atoms with E-state index in [1.165, 1.54) is 4.88 Å². The highest BCUT2D eigenvalue weighted by molar-refractivity contribution is 7.13. The fraction of sp³-hybridized carbons (Fsp3) is 0.375. The molecular formula is C16H20N2OS. The highest BCUT2D eigenvalue weighted by Gasteiger charge is 2.15. The quantitative estimate of drug-likeness (QED) is 0.928. The Morgan fingerprint density at radius 3 is 2.80 bits per heavy atom. The Morgan fingerprint density at radius 2 is 2.15 bits per heavy atom. The van der Waals surface area contributed by atoms with E-state index < -0.39 is 0 Å². The van der Waals surface area contributed by atoms with E-state index in [1.807, 2.05) is 17.6 Å². The van der Waals surface area contributed by atoms with Crippen molar-refractivity contribution < 1.29 is 4.79 Å². The molecule has 0 aliphatic carbocycles. The van der Waals surface area contributed by atoms with E-state index in [0.29, 0.717) is 13.0 Å². The summed E-state index contributed by atoms with van der Waals surface area (Å²) in [5.41, 5.74) is 2.14. The number of nitrogens with one attached hydrogen (secondary N) is 1. The van der Waals surface area contributed by atoms with Gasteiger partial charge in [-0.25, -0.2) is 0 Å². The highest BCUT2D eigenvalue weighted by atomic mass is 32.1. The minimum absolute atomic E-state index is 0.0150. The topological polar surface area (TPSA) is 42.0 Å². The van der Waals surface area contributed by atoms with Crippen molar-refractivity contribution in [3.63, 3.8) is 0 Å². The molecule has 0 saturated heterocycles. The average molecular weight is 288 g/mol. The van der Waals surface area contributed by atoms with Crippen LogP contribution in [0.4, 0.5) is 0 Å². The number of amides is 1. The molecule has 20 heavy (non-hydrogen) atoms. The van der Waals surface area contributed by atoms with E-state index >= 15 is 0 Å². The number of carbonyl (C=O) groups excluding carboxylic acids is 1. The lowest BCUT2D eigenvalue weighted by Crippen LogP contribution is -2.27. The molecule has 1 N–H and O–H groups in total. The molecule has 2 heterocycles. The Morgan fingerprint density at radius 1 is 1.35 bits per heavy atom. The number of rotatable bonds is 4. The highest BCUT2D eigenvalue weighted by Crippen LogP contribution is 2.24. The molecule has 1 amide bonds.